The summed E-state index contributed by atoms with van der Waals surface area (Å²) in [6, 6.07) is 5.54. The second-order valence-corrected chi connectivity index (χ2v) is 7.35. The van der Waals surface area contributed by atoms with Gasteiger partial charge in [0.15, 0.2) is 0 Å². The molecule has 1 saturated carbocycles. The van der Waals surface area contributed by atoms with Gasteiger partial charge in [0.05, 0.1) is 5.60 Å². The molecule has 1 fully saturated rings. The van der Waals surface area contributed by atoms with Crippen LogP contribution < -0.4 is 0 Å². The number of hydrogen-bond donors (Lipinski definition) is 1. The van der Waals surface area contributed by atoms with Gasteiger partial charge < -0.3 is 5.11 Å². The largest absolute Gasteiger partial charge is 0.390 e. The summed E-state index contributed by atoms with van der Waals surface area (Å²) >= 11 is 12.5. The number of aliphatic hydroxyl groups is 1. The highest BCUT2D eigenvalue weighted by molar-refractivity contribution is 6.36. The third-order valence-electron chi connectivity index (χ3n) is 4.71. The van der Waals surface area contributed by atoms with E-state index in [-0.39, 0.29) is 0 Å². The van der Waals surface area contributed by atoms with Gasteiger partial charge in [-0.05, 0) is 48.8 Å². The van der Waals surface area contributed by atoms with E-state index in [0.717, 1.165) is 37.2 Å². The van der Waals surface area contributed by atoms with Gasteiger partial charge in [0.2, 0.25) is 0 Å². The molecule has 0 heterocycles. The second kappa shape index (κ2) is 6.68. The monoisotopic (exact) mass is 314 g/mol. The van der Waals surface area contributed by atoms with Gasteiger partial charge in [0, 0.05) is 16.5 Å². The molecule has 2 rings (SSSR count). The molecule has 1 aromatic carbocycles. The van der Waals surface area contributed by atoms with Crippen molar-refractivity contribution in [1.29, 1.82) is 0 Å². The average molecular weight is 315 g/mol. The Balaban J connectivity index is 2.11. The van der Waals surface area contributed by atoms with Crippen LogP contribution in [0.4, 0.5) is 0 Å². The third kappa shape index (κ3) is 3.90. The van der Waals surface area contributed by atoms with E-state index < -0.39 is 5.60 Å². The summed E-state index contributed by atoms with van der Waals surface area (Å²) in [5.74, 6) is 1.42. The van der Waals surface area contributed by atoms with Crippen LogP contribution in [0, 0.1) is 11.8 Å². The standard InChI is InChI=1S/C17H24Cl2O/c1-12(2)13-5-4-9-17(20,10-8-13)11-14-15(18)6-3-7-16(14)19/h3,6-7,12-13,20H,4-5,8-11H2,1-2H3. The topological polar surface area (TPSA) is 20.2 Å². The SMILES string of the molecule is CC(C)C1CCCC(O)(Cc2c(Cl)cccc2Cl)CC1. The van der Waals surface area contributed by atoms with E-state index in [4.69, 9.17) is 23.2 Å². The van der Waals surface area contributed by atoms with E-state index in [1.54, 1.807) is 0 Å². The van der Waals surface area contributed by atoms with Crippen molar-refractivity contribution in [2.24, 2.45) is 11.8 Å². The molecule has 0 aromatic heterocycles. The Morgan fingerprint density at radius 3 is 2.45 bits per heavy atom. The number of hydrogen-bond acceptors (Lipinski definition) is 1. The van der Waals surface area contributed by atoms with Crippen LogP contribution in [0.5, 0.6) is 0 Å². The number of rotatable bonds is 3. The molecule has 0 saturated heterocycles. The Morgan fingerprint density at radius 2 is 1.85 bits per heavy atom. The summed E-state index contributed by atoms with van der Waals surface area (Å²) in [6.07, 6.45) is 5.65. The van der Waals surface area contributed by atoms with Crippen molar-refractivity contribution in [3.63, 3.8) is 0 Å². The predicted molar refractivity (Wildman–Crippen MR) is 86.5 cm³/mol. The van der Waals surface area contributed by atoms with E-state index in [1.807, 2.05) is 18.2 Å². The maximum absolute atomic E-state index is 10.9. The Hall–Kier alpha value is -0.240. The molecule has 1 aliphatic carbocycles. The van der Waals surface area contributed by atoms with Crippen LogP contribution in [-0.4, -0.2) is 10.7 Å². The lowest BCUT2D eigenvalue weighted by Gasteiger charge is -2.28. The van der Waals surface area contributed by atoms with E-state index >= 15 is 0 Å². The molecule has 0 spiro atoms. The molecular formula is C17H24Cl2O. The molecule has 0 amide bonds. The van der Waals surface area contributed by atoms with Gasteiger partial charge in [-0.2, -0.15) is 0 Å². The molecular weight excluding hydrogens is 291 g/mol. The molecule has 3 heteroatoms. The van der Waals surface area contributed by atoms with Crippen molar-refractivity contribution in [2.45, 2.75) is 58.0 Å². The lowest BCUT2D eigenvalue weighted by atomic mass is 9.85. The summed E-state index contributed by atoms with van der Waals surface area (Å²) in [7, 11) is 0. The van der Waals surface area contributed by atoms with Gasteiger partial charge in [0.25, 0.3) is 0 Å². The molecule has 1 N–H and O–H groups in total. The Labute approximate surface area is 132 Å². The highest BCUT2D eigenvalue weighted by Gasteiger charge is 2.32. The van der Waals surface area contributed by atoms with Gasteiger partial charge in [-0.3, -0.25) is 0 Å². The zero-order valence-corrected chi connectivity index (χ0v) is 13.8. The lowest BCUT2D eigenvalue weighted by Crippen LogP contribution is -2.31. The van der Waals surface area contributed by atoms with E-state index in [0.29, 0.717) is 22.4 Å². The second-order valence-electron chi connectivity index (χ2n) is 6.54. The fraction of sp³-hybridized carbons (Fsp3) is 0.647. The Kier molecular flexibility index (Phi) is 5.39. The zero-order valence-electron chi connectivity index (χ0n) is 12.3. The van der Waals surface area contributed by atoms with Crippen LogP contribution in [0.15, 0.2) is 18.2 Å². The molecule has 20 heavy (non-hydrogen) atoms. The highest BCUT2D eigenvalue weighted by Crippen LogP contribution is 2.38. The molecule has 0 aliphatic heterocycles. The number of halogens is 2. The minimum absolute atomic E-state index is 0.566. The molecule has 2 unspecified atom stereocenters. The Morgan fingerprint density at radius 1 is 1.20 bits per heavy atom. The minimum atomic E-state index is -0.654. The van der Waals surface area contributed by atoms with E-state index in [1.165, 1.54) is 6.42 Å². The van der Waals surface area contributed by atoms with Crippen molar-refractivity contribution >= 4 is 23.2 Å². The third-order valence-corrected chi connectivity index (χ3v) is 5.42. The molecule has 0 radical (unpaired) electrons. The minimum Gasteiger partial charge on any atom is -0.390 e. The fourth-order valence-corrected chi connectivity index (χ4v) is 3.82. The molecule has 112 valence electrons. The predicted octanol–water partition coefficient (Wildman–Crippen LogP) is 5.50. The van der Waals surface area contributed by atoms with Gasteiger partial charge in [-0.15, -0.1) is 0 Å². The van der Waals surface area contributed by atoms with Gasteiger partial charge in [-0.25, -0.2) is 0 Å². The summed E-state index contributed by atoms with van der Waals surface area (Å²) in [4.78, 5) is 0. The highest BCUT2D eigenvalue weighted by atomic mass is 35.5. The van der Waals surface area contributed by atoms with Crippen molar-refractivity contribution in [2.75, 3.05) is 0 Å². The average Bonchev–Trinajstić information content (AvgIpc) is 2.57. The van der Waals surface area contributed by atoms with Gasteiger partial charge in [-0.1, -0.05) is 56.0 Å². The van der Waals surface area contributed by atoms with E-state index in [2.05, 4.69) is 13.8 Å². The first-order chi connectivity index (χ1) is 9.41. The molecule has 1 aliphatic rings. The van der Waals surface area contributed by atoms with Crippen LogP contribution in [0.2, 0.25) is 10.0 Å². The van der Waals surface area contributed by atoms with Crippen molar-refractivity contribution < 1.29 is 5.11 Å². The maximum Gasteiger partial charge on any atom is 0.0689 e. The van der Waals surface area contributed by atoms with Crippen LogP contribution in [0.1, 0.15) is 51.5 Å². The van der Waals surface area contributed by atoms with Gasteiger partial charge >= 0.3 is 0 Å². The van der Waals surface area contributed by atoms with Crippen molar-refractivity contribution in [3.8, 4) is 0 Å². The van der Waals surface area contributed by atoms with Crippen LogP contribution in [-0.2, 0) is 6.42 Å². The Bertz CT molecular complexity index is 438. The summed E-state index contributed by atoms with van der Waals surface area (Å²) in [5.41, 5.74) is 0.236. The summed E-state index contributed by atoms with van der Waals surface area (Å²) in [5, 5.41) is 12.3. The quantitative estimate of drug-likeness (QED) is 0.730. The first-order valence-corrected chi connectivity index (χ1v) is 8.32. The maximum atomic E-state index is 10.9. The fourth-order valence-electron chi connectivity index (χ4n) is 3.29. The first kappa shape index (κ1) is 16.1. The molecule has 1 nitrogen and oxygen atoms in total. The van der Waals surface area contributed by atoms with E-state index in [9.17, 15) is 5.11 Å². The molecule has 2 atom stereocenters. The van der Waals surface area contributed by atoms with Crippen LogP contribution >= 0.6 is 23.2 Å². The molecule has 0 bridgehead atoms. The lowest BCUT2D eigenvalue weighted by molar-refractivity contribution is 0.0237. The smallest absolute Gasteiger partial charge is 0.0689 e. The van der Waals surface area contributed by atoms with Crippen molar-refractivity contribution in [1.82, 2.24) is 0 Å². The summed E-state index contributed by atoms with van der Waals surface area (Å²) in [6.45, 7) is 4.56. The number of benzene rings is 1. The zero-order chi connectivity index (χ0) is 14.8. The first-order valence-electron chi connectivity index (χ1n) is 7.56. The normalized spacial score (nSPS) is 27.6. The van der Waals surface area contributed by atoms with Gasteiger partial charge in [0.1, 0.15) is 0 Å². The molecule has 1 aromatic rings. The summed E-state index contributed by atoms with van der Waals surface area (Å²) < 4.78 is 0. The van der Waals surface area contributed by atoms with Crippen molar-refractivity contribution in [3.05, 3.63) is 33.8 Å². The van der Waals surface area contributed by atoms with Crippen LogP contribution in [0.3, 0.4) is 0 Å². The van der Waals surface area contributed by atoms with Crippen LogP contribution in [0.25, 0.3) is 0 Å².